The summed E-state index contributed by atoms with van der Waals surface area (Å²) in [6.45, 7) is 15.5. The van der Waals surface area contributed by atoms with Crippen LogP contribution in [0, 0.1) is 46.5 Å². The minimum absolute atomic E-state index is 0. The fourth-order valence-corrected chi connectivity index (χ4v) is 8.18. The first kappa shape index (κ1) is 35.6. The largest absolute Gasteiger partial charge is 0.493 e. The maximum Gasteiger partial charge on any atom is 0.135 e. The first-order chi connectivity index (χ1) is 25.7. The first-order valence-corrected chi connectivity index (χ1v) is 18.3. The fourth-order valence-electron chi connectivity index (χ4n) is 8.18. The minimum Gasteiger partial charge on any atom is -0.493 e. The Bertz CT molecular complexity index is 2670. The number of anilines is 4. The van der Waals surface area contributed by atoms with E-state index in [1.807, 2.05) is 12.3 Å². The van der Waals surface area contributed by atoms with Gasteiger partial charge in [-0.2, -0.15) is 41.5 Å². The molecule has 0 spiro atoms. The number of aromatic nitrogens is 2. The van der Waals surface area contributed by atoms with Gasteiger partial charge in [0.05, 0.1) is 0 Å². The second-order valence-electron chi connectivity index (χ2n) is 14.9. The number of fused-ring (bicyclic) bond motifs is 4. The molecule has 0 fully saturated rings. The van der Waals surface area contributed by atoms with E-state index in [1.54, 1.807) is 0 Å². The number of para-hydroxylation sites is 4. The Morgan fingerprint density at radius 1 is 0.611 bits per heavy atom. The molecule has 6 aromatic carbocycles. The summed E-state index contributed by atoms with van der Waals surface area (Å²) >= 11 is 0. The number of hydrogen-bond acceptors (Lipinski definition) is 3. The van der Waals surface area contributed by atoms with Crippen molar-refractivity contribution < 1.29 is 21.1 Å². The third-order valence-corrected chi connectivity index (χ3v) is 10.8. The van der Waals surface area contributed by atoms with Crippen LogP contribution < -0.4 is 9.80 Å². The average Bonchev–Trinajstić information content (AvgIpc) is 3.71. The van der Waals surface area contributed by atoms with Crippen molar-refractivity contribution in [3.8, 4) is 16.9 Å². The van der Waals surface area contributed by atoms with Crippen molar-refractivity contribution in [1.82, 2.24) is 9.55 Å². The molecule has 0 saturated carbocycles. The number of pyridine rings is 1. The van der Waals surface area contributed by atoms with Gasteiger partial charge in [-0.1, -0.05) is 85.6 Å². The van der Waals surface area contributed by atoms with E-state index in [4.69, 9.17) is 4.98 Å². The summed E-state index contributed by atoms with van der Waals surface area (Å²) in [5.41, 5.74) is 15.7. The third kappa shape index (κ3) is 5.94. The van der Waals surface area contributed by atoms with Gasteiger partial charge in [0.2, 0.25) is 0 Å². The van der Waals surface area contributed by atoms with Crippen molar-refractivity contribution in [3.05, 3.63) is 186 Å². The molecular weight excluding hydrogens is 840 g/mol. The van der Waals surface area contributed by atoms with Gasteiger partial charge in [-0.15, -0.1) is 29.4 Å². The van der Waals surface area contributed by atoms with E-state index >= 15 is 0 Å². The Balaban J connectivity index is 0.00000413. The zero-order chi connectivity index (χ0) is 36.4. The van der Waals surface area contributed by atoms with Crippen molar-refractivity contribution in [1.29, 1.82) is 0 Å². The Kier molecular flexibility index (Phi) is 9.07. The van der Waals surface area contributed by atoms with Gasteiger partial charge in [0.25, 0.3) is 0 Å². The smallest absolute Gasteiger partial charge is 0.135 e. The normalized spacial score (nSPS) is 12.7. The number of nitrogens with zero attached hydrogens (tertiary/aromatic N) is 4. The van der Waals surface area contributed by atoms with Crippen LogP contribution >= 0.6 is 0 Å². The van der Waals surface area contributed by atoms with Crippen molar-refractivity contribution in [2.45, 2.75) is 47.0 Å². The van der Waals surface area contributed by atoms with E-state index in [0.717, 1.165) is 56.1 Å². The topological polar surface area (TPSA) is 24.3 Å². The van der Waals surface area contributed by atoms with Crippen molar-refractivity contribution >= 4 is 44.6 Å². The van der Waals surface area contributed by atoms with Crippen LogP contribution in [0.1, 0.15) is 47.2 Å². The minimum atomic E-state index is -0.453. The Labute approximate surface area is 333 Å². The molecule has 1 aliphatic heterocycles. The maximum absolute atomic E-state index is 4.83. The van der Waals surface area contributed by atoms with E-state index in [9.17, 15) is 0 Å². The molecule has 3 heterocycles. The van der Waals surface area contributed by atoms with E-state index in [1.165, 1.54) is 38.8 Å². The van der Waals surface area contributed by atoms with Crippen molar-refractivity contribution in [2.24, 2.45) is 0 Å². The predicted molar refractivity (Wildman–Crippen MR) is 221 cm³/mol. The predicted octanol–water partition coefficient (Wildman–Crippen LogP) is 12.4. The molecule has 0 radical (unpaired) electrons. The van der Waals surface area contributed by atoms with E-state index in [0.29, 0.717) is 0 Å². The molecule has 9 rings (SSSR count). The fraction of sp³-hybridized carbons (Fsp3) is 0.143. The quantitative estimate of drug-likeness (QED) is 0.156. The van der Waals surface area contributed by atoms with Crippen LogP contribution in [0.3, 0.4) is 0 Å². The van der Waals surface area contributed by atoms with Crippen LogP contribution in [-0.2, 0) is 26.5 Å². The molecule has 2 aromatic heterocycles. The molecule has 0 N–H and O–H groups in total. The summed E-state index contributed by atoms with van der Waals surface area (Å²) in [5, 5.41) is 2.36. The third-order valence-electron chi connectivity index (χ3n) is 10.8. The number of aryl methyl sites for hydroxylation is 4. The van der Waals surface area contributed by atoms with Gasteiger partial charge in [-0.3, -0.25) is 0 Å². The number of rotatable bonds is 6. The van der Waals surface area contributed by atoms with Gasteiger partial charge in [-0.05, 0) is 103 Å². The van der Waals surface area contributed by atoms with Gasteiger partial charge >= 0.3 is 0 Å². The van der Waals surface area contributed by atoms with Crippen LogP contribution in [-0.4, -0.2) is 9.55 Å². The van der Waals surface area contributed by atoms with E-state index < -0.39 is 5.41 Å². The molecule has 0 atom stereocenters. The Morgan fingerprint density at radius 3 is 2.04 bits per heavy atom. The summed E-state index contributed by atoms with van der Waals surface area (Å²) < 4.78 is 2.26. The Hall–Kier alpha value is -5.44. The standard InChI is InChI=1S/C49H41N4.Pt/c1-32-22-23-50-47(26-32)53-43-17-11-10-16-41(43)42-21-20-37(30-46(42)53)49(5,6)38-27-36(48-34(3)24-33(2)25-35(48)4)28-40(29-38)52-31-51(39-14-8-7-9-15-39)44-18-12-13-19-45(44)52;/h7-28,31H,1-6H3;/q-3;. The number of hydrogen-bond donors (Lipinski definition) is 0. The molecule has 0 bridgehead atoms. The van der Waals surface area contributed by atoms with Gasteiger partial charge in [0, 0.05) is 49.8 Å². The van der Waals surface area contributed by atoms with Gasteiger partial charge in [0.1, 0.15) is 5.82 Å². The SMILES string of the molecule is Cc1ccnc(-n2c3[c-]c(C(C)(C)c4[c-]c(N5[CH-]N(c6ccccc6)c6ccccc65)cc(-c5c(C)cc(C)cc5C)c4)ccc3c3ccccc32)c1.[Pt]. The molecule has 270 valence electrons. The molecule has 0 saturated heterocycles. The summed E-state index contributed by atoms with van der Waals surface area (Å²) in [6.07, 6.45) is 1.89. The molecule has 5 heteroatoms. The first-order valence-electron chi connectivity index (χ1n) is 18.3. The zero-order valence-electron chi connectivity index (χ0n) is 31.4. The average molecular weight is 881 g/mol. The number of benzene rings is 6. The van der Waals surface area contributed by atoms with Crippen LogP contribution in [0.25, 0.3) is 38.8 Å². The van der Waals surface area contributed by atoms with Gasteiger partial charge in [-0.25, -0.2) is 4.98 Å². The molecule has 0 amide bonds. The second kappa shape index (κ2) is 13.8. The van der Waals surface area contributed by atoms with Crippen molar-refractivity contribution in [3.63, 3.8) is 0 Å². The molecule has 0 aliphatic carbocycles. The summed E-state index contributed by atoms with van der Waals surface area (Å²) in [5.74, 6) is 0.898. The molecule has 0 unspecified atom stereocenters. The summed E-state index contributed by atoms with van der Waals surface area (Å²) in [4.78, 5) is 9.38. The summed E-state index contributed by atoms with van der Waals surface area (Å²) in [6, 6.07) is 53.6. The van der Waals surface area contributed by atoms with Crippen molar-refractivity contribution in [2.75, 3.05) is 9.80 Å². The van der Waals surface area contributed by atoms with Gasteiger partial charge < -0.3 is 14.4 Å². The zero-order valence-corrected chi connectivity index (χ0v) is 33.7. The van der Waals surface area contributed by atoms with Crippen LogP contribution in [0.5, 0.6) is 0 Å². The molecule has 1 aliphatic rings. The van der Waals surface area contributed by atoms with Crippen LogP contribution in [0.15, 0.2) is 134 Å². The van der Waals surface area contributed by atoms with Gasteiger partial charge in [0.15, 0.2) is 0 Å². The molecule has 4 nitrogen and oxygen atoms in total. The molecular formula is C49H41N4Pt-3. The van der Waals surface area contributed by atoms with Crippen LogP contribution in [0.2, 0.25) is 0 Å². The Morgan fingerprint density at radius 2 is 1.30 bits per heavy atom. The monoisotopic (exact) mass is 880 g/mol. The van der Waals surface area contributed by atoms with E-state index in [-0.39, 0.29) is 21.1 Å². The summed E-state index contributed by atoms with van der Waals surface area (Å²) in [7, 11) is 0. The van der Waals surface area contributed by atoms with Crippen LogP contribution in [0.4, 0.5) is 22.7 Å². The second-order valence-corrected chi connectivity index (χ2v) is 14.9. The maximum atomic E-state index is 4.83. The molecule has 54 heavy (non-hydrogen) atoms. The molecule has 8 aromatic rings. The van der Waals surface area contributed by atoms with E-state index in [2.05, 4.69) is 196 Å².